The molecular formula is C40H56N4O11S. The Balaban J connectivity index is 1.26. The van der Waals surface area contributed by atoms with Gasteiger partial charge >= 0.3 is 12.1 Å². The zero-order valence-corrected chi connectivity index (χ0v) is 34.0. The van der Waals surface area contributed by atoms with Gasteiger partial charge in [0.15, 0.2) is 11.5 Å². The van der Waals surface area contributed by atoms with Gasteiger partial charge in [0.05, 0.1) is 22.8 Å². The highest BCUT2D eigenvalue weighted by Crippen LogP contribution is 2.48. The summed E-state index contributed by atoms with van der Waals surface area (Å²) in [5.74, 6) is -3.12. The maximum absolute atomic E-state index is 14.7. The lowest BCUT2D eigenvalue weighted by molar-refractivity contribution is -0.143. The smallest absolute Gasteiger partial charge is 0.407 e. The summed E-state index contributed by atoms with van der Waals surface area (Å²) in [4.78, 5) is 70.5. The lowest BCUT2D eigenvalue weighted by Crippen LogP contribution is -2.58. The lowest BCUT2D eigenvalue weighted by Gasteiger charge is -2.33. The van der Waals surface area contributed by atoms with Crippen LogP contribution < -0.4 is 24.8 Å². The fourth-order valence-corrected chi connectivity index (χ4v) is 9.17. The molecule has 3 heterocycles. The number of sulfonamides is 1. The molecule has 4 amide bonds. The zero-order chi connectivity index (χ0) is 40.6. The van der Waals surface area contributed by atoms with Crippen LogP contribution in [-0.2, 0) is 33.9 Å². The highest BCUT2D eigenvalue weighted by Gasteiger charge is 2.63. The van der Waals surface area contributed by atoms with Gasteiger partial charge in [0, 0.05) is 24.9 Å². The van der Waals surface area contributed by atoms with E-state index in [9.17, 15) is 32.4 Å². The monoisotopic (exact) mass is 800 g/mol. The van der Waals surface area contributed by atoms with Crippen molar-refractivity contribution < 1.29 is 51.3 Å². The van der Waals surface area contributed by atoms with Gasteiger partial charge in [-0.25, -0.2) is 18.0 Å². The van der Waals surface area contributed by atoms with E-state index in [1.54, 1.807) is 45.9 Å². The Bertz CT molecular complexity index is 1860. The van der Waals surface area contributed by atoms with Crippen LogP contribution in [0.2, 0.25) is 0 Å². The molecule has 7 atom stereocenters. The summed E-state index contributed by atoms with van der Waals surface area (Å²) in [5.41, 5.74) is -2.03. The highest BCUT2D eigenvalue weighted by atomic mass is 32.2. The summed E-state index contributed by atoms with van der Waals surface area (Å²) in [5, 5.41) is 5.66. The zero-order valence-electron chi connectivity index (χ0n) is 33.2. The predicted octanol–water partition coefficient (Wildman–Crippen LogP) is 3.86. The first kappa shape index (κ1) is 41.3. The average molecular weight is 801 g/mol. The lowest BCUT2D eigenvalue weighted by atomic mass is 9.83. The van der Waals surface area contributed by atoms with Gasteiger partial charge in [-0.3, -0.25) is 19.1 Å². The van der Waals surface area contributed by atoms with Gasteiger partial charge in [-0.15, -0.1) is 0 Å². The second kappa shape index (κ2) is 15.9. The number of amides is 4. The third-order valence-electron chi connectivity index (χ3n) is 11.6. The number of nitrogens with one attached hydrogen (secondary N) is 3. The molecule has 6 rings (SSSR count). The molecule has 0 aromatic heterocycles. The maximum atomic E-state index is 14.7. The predicted molar refractivity (Wildman–Crippen MR) is 204 cm³/mol. The largest absolute Gasteiger partial charge is 0.486 e. The number of nitrogens with zero attached hydrogens (tertiary/aromatic N) is 1. The summed E-state index contributed by atoms with van der Waals surface area (Å²) in [6.07, 6.45) is 6.45. The minimum absolute atomic E-state index is 0.0405. The van der Waals surface area contributed by atoms with Gasteiger partial charge in [-0.2, -0.15) is 0 Å². The van der Waals surface area contributed by atoms with Crippen molar-refractivity contribution in [2.24, 2.45) is 29.6 Å². The molecule has 1 aromatic carbocycles. The molecule has 0 spiro atoms. The van der Waals surface area contributed by atoms with E-state index in [4.69, 9.17) is 18.9 Å². The van der Waals surface area contributed by atoms with Crippen LogP contribution in [0, 0.1) is 29.6 Å². The Morgan fingerprint density at radius 1 is 1.05 bits per heavy atom. The van der Waals surface area contributed by atoms with Crippen LogP contribution in [0.1, 0.15) is 96.8 Å². The van der Waals surface area contributed by atoms with Crippen molar-refractivity contribution in [3.8, 4) is 11.5 Å². The van der Waals surface area contributed by atoms with Gasteiger partial charge in [0.1, 0.15) is 30.4 Å². The van der Waals surface area contributed by atoms with E-state index in [0.717, 1.165) is 6.42 Å². The fraction of sp³-hybridized carbons (Fsp3) is 0.675. The van der Waals surface area contributed by atoms with Crippen molar-refractivity contribution in [1.82, 2.24) is 20.3 Å². The van der Waals surface area contributed by atoms with Crippen LogP contribution in [0.5, 0.6) is 11.5 Å². The molecular weight excluding hydrogens is 745 g/mol. The molecule has 1 aromatic rings. The van der Waals surface area contributed by atoms with E-state index in [1.807, 2.05) is 19.1 Å². The molecule has 0 radical (unpaired) electrons. The molecule has 3 aliphatic heterocycles. The number of fused-ring (bicyclic) bond motifs is 3. The Labute approximate surface area is 329 Å². The molecule has 2 saturated carbocycles. The Morgan fingerprint density at radius 3 is 2.46 bits per heavy atom. The summed E-state index contributed by atoms with van der Waals surface area (Å²) in [6, 6.07) is 3.68. The molecule has 1 saturated heterocycles. The first-order chi connectivity index (χ1) is 26.3. The maximum Gasteiger partial charge on any atom is 0.407 e. The van der Waals surface area contributed by atoms with Gasteiger partial charge < -0.3 is 34.5 Å². The molecule has 308 valence electrons. The summed E-state index contributed by atoms with van der Waals surface area (Å²) in [6.45, 7) is 11.5. The molecule has 3 unspecified atom stereocenters. The molecule has 3 N–H and O–H groups in total. The van der Waals surface area contributed by atoms with Crippen LogP contribution in [-0.4, -0.2) is 97.9 Å². The van der Waals surface area contributed by atoms with Crippen LogP contribution >= 0.6 is 0 Å². The van der Waals surface area contributed by atoms with Crippen LogP contribution in [0.15, 0.2) is 30.4 Å². The minimum Gasteiger partial charge on any atom is -0.486 e. The first-order valence-electron chi connectivity index (χ1n) is 19.7. The van der Waals surface area contributed by atoms with Crippen molar-refractivity contribution in [2.75, 3.05) is 32.9 Å². The molecule has 16 heteroatoms. The van der Waals surface area contributed by atoms with Gasteiger partial charge in [0.25, 0.3) is 5.91 Å². The number of benzene rings is 1. The van der Waals surface area contributed by atoms with Gasteiger partial charge in [-0.1, -0.05) is 26.0 Å². The second-order valence-electron chi connectivity index (χ2n) is 17.5. The summed E-state index contributed by atoms with van der Waals surface area (Å²) >= 11 is 0. The first-order valence-corrected chi connectivity index (χ1v) is 21.2. The molecule has 5 aliphatic rings. The third kappa shape index (κ3) is 9.26. The minimum atomic E-state index is -4.00. The molecule has 56 heavy (non-hydrogen) atoms. The number of carbonyl (C=O) groups is 5. The molecule has 2 aliphatic carbocycles. The quantitative estimate of drug-likeness (QED) is 0.255. The van der Waals surface area contributed by atoms with Crippen molar-refractivity contribution >= 4 is 39.8 Å². The van der Waals surface area contributed by atoms with E-state index in [0.29, 0.717) is 50.4 Å². The van der Waals surface area contributed by atoms with Crippen LogP contribution in [0.3, 0.4) is 0 Å². The Hall–Kier alpha value is -4.34. The average Bonchev–Trinajstić information content (AvgIpc) is 4.00. The van der Waals surface area contributed by atoms with Crippen molar-refractivity contribution in [3.05, 3.63) is 35.9 Å². The van der Waals surface area contributed by atoms with E-state index in [-0.39, 0.29) is 55.8 Å². The SMILES string of the molecule is C[C@@H]1CC/C=C\C2C[C@@]2(C(=O)NS(=O)(=O)C2(C)CC2)NC(=O)[C@@H]2CC(COC(=O)c3ccc4c(c3)OCCO4)CN2C(=O)C(CNC(=O)OC(C)(C)C)[C@H](C)C1. The topological polar surface area (TPSA) is 196 Å². The number of hydrogen-bond donors (Lipinski definition) is 3. The molecule has 0 bridgehead atoms. The number of carbonyl (C=O) groups excluding carboxylic acids is 5. The van der Waals surface area contributed by atoms with Crippen molar-refractivity contribution in [2.45, 2.75) is 108 Å². The number of ether oxygens (including phenoxy) is 4. The summed E-state index contributed by atoms with van der Waals surface area (Å²) in [7, 11) is -4.00. The number of hydrogen-bond acceptors (Lipinski definition) is 11. The third-order valence-corrected chi connectivity index (χ3v) is 13.8. The van der Waals surface area contributed by atoms with Gasteiger partial charge in [0.2, 0.25) is 21.8 Å². The van der Waals surface area contributed by atoms with Crippen LogP contribution in [0.25, 0.3) is 0 Å². The molecule has 15 nitrogen and oxygen atoms in total. The standard InChI is InChI=1S/C40H56N4O11S/c1-24-9-7-8-10-28-20-40(28,36(48)43-56(50,51)39(6)13-14-39)42-33(45)30-18-26(23-54-35(47)27-11-12-31-32(19-27)53-16-15-52-31)22-44(30)34(46)29(25(2)17-24)21-41-37(49)55-38(3,4)5/h8,10-12,19,24-26,28-30H,7,9,13-18,20-23H2,1-6H3,(H,41,49)(H,42,45)(H,43,48)/b10-8-/t24-,25-,26?,28?,29?,30+,40-/m1/s1. The van der Waals surface area contributed by atoms with Gasteiger partial charge in [-0.05, 0) is 103 Å². The summed E-state index contributed by atoms with van der Waals surface area (Å²) < 4.78 is 49.9. The Kier molecular flexibility index (Phi) is 11.7. The number of allylic oxidation sites excluding steroid dienone is 1. The normalized spacial score (nSPS) is 30.6. The highest BCUT2D eigenvalue weighted by molar-refractivity contribution is 7.91. The number of alkyl carbamates (subject to hydrolysis) is 1. The number of rotatable bonds is 8. The number of esters is 1. The van der Waals surface area contributed by atoms with Crippen molar-refractivity contribution in [3.63, 3.8) is 0 Å². The second-order valence-corrected chi connectivity index (χ2v) is 19.7. The van der Waals surface area contributed by atoms with E-state index in [2.05, 4.69) is 22.3 Å². The van der Waals surface area contributed by atoms with Crippen molar-refractivity contribution in [1.29, 1.82) is 0 Å². The van der Waals surface area contributed by atoms with E-state index < -0.39 is 73.6 Å². The molecule has 3 fully saturated rings. The van der Waals surface area contributed by atoms with E-state index in [1.165, 1.54) is 4.90 Å². The fourth-order valence-electron chi connectivity index (χ4n) is 7.86. The van der Waals surface area contributed by atoms with Crippen LogP contribution in [0.4, 0.5) is 4.79 Å². The van der Waals surface area contributed by atoms with E-state index >= 15 is 0 Å². The Morgan fingerprint density at radius 2 is 1.77 bits per heavy atom.